The number of amides is 1. The van der Waals surface area contributed by atoms with Crippen molar-refractivity contribution in [3.05, 3.63) is 94.5 Å². The quantitative estimate of drug-likeness (QED) is 0.363. The summed E-state index contributed by atoms with van der Waals surface area (Å²) in [6.45, 7) is 1.44. The molecule has 2 N–H and O–H groups in total. The van der Waals surface area contributed by atoms with E-state index < -0.39 is 27.7 Å². The van der Waals surface area contributed by atoms with Gasteiger partial charge in [0.1, 0.15) is 6.04 Å². The highest BCUT2D eigenvalue weighted by Gasteiger charge is 2.27. The third-order valence-electron chi connectivity index (χ3n) is 5.53. The molecule has 1 amide bonds. The molecular formula is C25H23N3O6S. The van der Waals surface area contributed by atoms with Crippen LogP contribution in [0.5, 0.6) is 0 Å². The summed E-state index contributed by atoms with van der Waals surface area (Å²) in [5.74, 6) is -1.29. The highest BCUT2D eigenvalue weighted by atomic mass is 32.2. The van der Waals surface area contributed by atoms with Crippen molar-refractivity contribution in [1.82, 2.24) is 9.29 Å². The number of aromatic nitrogens is 1. The predicted molar refractivity (Wildman–Crippen MR) is 131 cm³/mol. The summed E-state index contributed by atoms with van der Waals surface area (Å²) in [4.78, 5) is 36.2. The van der Waals surface area contributed by atoms with Gasteiger partial charge in [0.25, 0.3) is 0 Å². The number of fused-ring (bicyclic) bond motifs is 1. The Kier molecular flexibility index (Phi) is 6.68. The van der Waals surface area contributed by atoms with Crippen LogP contribution in [0.25, 0.3) is 11.1 Å². The Morgan fingerprint density at radius 1 is 1.00 bits per heavy atom. The van der Waals surface area contributed by atoms with Crippen LogP contribution >= 0.6 is 0 Å². The molecule has 9 nitrogen and oxygen atoms in total. The van der Waals surface area contributed by atoms with Crippen molar-refractivity contribution in [2.24, 2.45) is 7.05 Å². The van der Waals surface area contributed by atoms with Crippen molar-refractivity contribution in [2.45, 2.75) is 24.3 Å². The zero-order valence-corrected chi connectivity index (χ0v) is 19.8. The van der Waals surface area contributed by atoms with Gasteiger partial charge in [0.2, 0.25) is 15.9 Å². The number of ketones is 1. The first kappa shape index (κ1) is 24.1. The first-order chi connectivity index (χ1) is 16.6. The van der Waals surface area contributed by atoms with Crippen LogP contribution in [0.4, 0.5) is 5.69 Å². The average Bonchev–Trinajstić information content (AvgIpc) is 3.12. The monoisotopic (exact) mass is 493 g/mol. The fourth-order valence-electron chi connectivity index (χ4n) is 3.59. The number of carbonyl (C=O) groups is 2. The molecule has 4 rings (SSSR count). The summed E-state index contributed by atoms with van der Waals surface area (Å²) in [5.41, 5.74) is 2.24. The minimum atomic E-state index is -4.16. The molecule has 0 saturated carbocycles. The van der Waals surface area contributed by atoms with Crippen LogP contribution in [0.2, 0.25) is 0 Å². The second-order valence-corrected chi connectivity index (χ2v) is 9.76. The Balaban J connectivity index is 1.62. The summed E-state index contributed by atoms with van der Waals surface area (Å²) in [6.07, 6.45) is 0.0973. The number of sulfonamides is 1. The smallest absolute Gasteiger partial charge is 0.408 e. The number of benzene rings is 3. The maximum Gasteiger partial charge on any atom is 0.419 e. The maximum atomic E-state index is 13.2. The fraction of sp³-hybridized carbons (Fsp3) is 0.160. The number of hydrogen-bond donors (Lipinski definition) is 2. The summed E-state index contributed by atoms with van der Waals surface area (Å²) in [5, 5.41) is 2.70. The van der Waals surface area contributed by atoms with Crippen LogP contribution in [0.3, 0.4) is 0 Å². The maximum absolute atomic E-state index is 13.2. The van der Waals surface area contributed by atoms with E-state index in [1.807, 2.05) is 6.07 Å². The van der Waals surface area contributed by atoms with Gasteiger partial charge in [0, 0.05) is 24.4 Å². The Bertz CT molecular complexity index is 1550. The number of Topliss-reactive ketones (excluding diaryl/α,β-unsaturated/α-hetero) is 1. The normalized spacial score (nSPS) is 12.4. The lowest BCUT2D eigenvalue weighted by Crippen LogP contribution is -2.45. The predicted octanol–water partition coefficient (Wildman–Crippen LogP) is 2.86. The Hall–Kier alpha value is -4.02. The van der Waals surface area contributed by atoms with Crippen LogP contribution in [0.15, 0.2) is 86.9 Å². The van der Waals surface area contributed by atoms with Gasteiger partial charge in [0.05, 0.1) is 10.4 Å². The van der Waals surface area contributed by atoms with Gasteiger partial charge in [-0.2, -0.15) is 4.72 Å². The lowest BCUT2D eigenvalue weighted by atomic mass is 10.1. The molecule has 180 valence electrons. The first-order valence-corrected chi connectivity index (χ1v) is 12.2. The summed E-state index contributed by atoms with van der Waals surface area (Å²) < 4.78 is 35.2. The van der Waals surface area contributed by atoms with E-state index in [0.29, 0.717) is 16.8 Å². The summed E-state index contributed by atoms with van der Waals surface area (Å²) >= 11 is 0. The van der Waals surface area contributed by atoms with Crippen molar-refractivity contribution in [1.29, 1.82) is 0 Å². The topological polar surface area (TPSA) is 127 Å². The Morgan fingerprint density at radius 2 is 1.69 bits per heavy atom. The molecule has 0 aliphatic rings. The van der Waals surface area contributed by atoms with Crippen molar-refractivity contribution in [3.8, 4) is 0 Å². The van der Waals surface area contributed by atoms with Crippen LogP contribution < -0.4 is 15.8 Å². The zero-order valence-electron chi connectivity index (χ0n) is 19.0. The first-order valence-electron chi connectivity index (χ1n) is 10.7. The molecule has 0 unspecified atom stereocenters. The van der Waals surface area contributed by atoms with Gasteiger partial charge < -0.3 is 9.73 Å². The number of rotatable bonds is 8. The molecule has 0 fully saturated rings. The molecule has 0 aliphatic heterocycles. The van der Waals surface area contributed by atoms with E-state index in [9.17, 15) is 22.8 Å². The highest BCUT2D eigenvalue weighted by molar-refractivity contribution is 7.89. The van der Waals surface area contributed by atoms with E-state index in [0.717, 1.165) is 5.56 Å². The van der Waals surface area contributed by atoms with E-state index in [1.54, 1.807) is 48.5 Å². The highest BCUT2D eigenvalue weighted by Crippen LogP contribution is 2.19. The molecule has 10 heteroatoms. The molecule has 0 aliphatic carbocycles. The molecule has 0 bridgehead atoms. The number of hydrogen-bond acceptors (Lipinski definition) is 6. The lowest BCUT2D eigenvalue weighted by molar-refractivity contribution is -0.117. The lowest BCUT2D eigenvalue weighted by Gasteiger charge is -2.19. The van der Waals surface area contributed by atoms with Crippen LogP contribution in [0.1, 0.15) is 22.8 Å². The Morgan fingerprint density at radius 3 is 2.34 bits per heavy atom. The molecule has 4 aromatic rings. The number of anilines is 1. The number of oxazole rings is 1. The second-order valence-electron chi connectivity index (χ2n) is 8.04. The Labute approximate surface area is 201 Å². The van der Waals surface area contributed by atoms with Gasteiger partial charge in [-0.05, 0) is 55.3 Å². The molecule has 1 atom stereocenters. The van der Waals surface area contributed by atoms with Gasteiger partial charge in [-0.3, -0.25) is 14.2 Å². The molecule has 0 saturated heterocycles. The van der Waals surface area contributed by atoms with Crippen molar-refractivity contribution in [2.75, 3.05) is 5.32 Å². The molecule has 0 spiro atoms. The van der Waals surface area contributed by atoms with E-state index in [1.165, 1.54) is 36.7 Å². The van der Waals surface area contributed by atoms with Crippen LogP contribution in [0, 0.1) is 0 Å². The minimum Gasteiger partial charge on any atom is -0.408 e. The third-order valence-corrected chi connectivity index (χ3v) is 7.00. The minimum absolute atomic E-state index is 0.0973. The van der Waals surface area contributed by atoms with Crippen molar-refractivity contribution >= 4 is 38.5 Å². The molecule has 35 heavy (non-hydrogen) atoms. The molecule has 1 aromatic heterocycles. The van der Waals surface area contributed by atoms with Crippen molar-refractivity contribution in [3.63, 3.8) is 0 Å². The number of nitrogens with one attached hydrogen (secondary N) is 2. The zero-order chi connectivity index (χ0) is 25.2. The van der Waals surface area contributed by atoms with Gasteiger partial charge in [-0.1, -0.05) is 30.3 Å². The third kappa shape index (κ3) is 5.39. The summed E-state index contributed by atoms with van der Waals surface area (Å²) in [7, 11) is -2.64. The number of aryl methyl sites for hydroxylation is 1. The van der Waals surface area contributed by atoms with Gasteiger partial charge >= 0.3 is 5.76 Å². The van der Waals surface area contributed by atoms with Crippen LogP contribution in [-0.4, -0.2) is 30.7 Å². The van der Waals surface area contributed by atoms with Crippen molar-refractivity contribution < 1.29 is 22.4 Å². The van der Waals surface area contributed by atoms with E-state index in [4.69, 9.17) is 4.42 Å². The number of carbonyl (C=O) groups excluding carboxylic acids is 2. The fourth-order valence-corrected chi connectivity index (χ4v) is 4.80. The standard InChI is InChI=1S/C25H23N3O6S/c1-16(29)18-8-10-19(11-9-18)26-24(30)21(14-17-6-4-3-5-7-17)27-35(32,33)20-12-13-22-23(15-20)34-25(31)28(22)2/h3-13,15,21,27H,14H2,1-2H3,(H,26,30)/t21-/m1/s1. The molecule has 3 aromatic carbocycles. The summed E-state index contributed by atoms with van der Waals surface area (Å²) in [6, 6.07) is 18.2. The van der Waals surface area contributed by atoms with E-state index in [2.05, 4.69) is 10.0 Å². The van der Waals surface area contributed by atoms with E-state index >= 15 is 0 Å². The largest absolute Gasteiger partial charge is 0.419 e. The van der Waals surface area contributed by atoms with E-state index in [-0.39, 0.29) is 22.7 Å². The molecular weight excluding hydrogens is 470 g/mol. The molecule has 0 radical (unpaired) electrons. The number of nitrogens with zero attached hydrogens (tertiary/aromatic N) is 1. The van der Waals surface area contributed by atoms with Gasteiger partial charge in [-0.25, -0.2) is 13.2 Å². The SMILES string of the molecule is CC(=O)c1ccc(NC(=O)[C@@H](Cc2ccccc2)NS(=O)(=O)c2ccc3c(c2)oc(=O)n3C)cc1. The second kappa shape index (κ2) is 9.69. The van der Waals surface area contributed by atoms with Gasteiger partial charge in [0.15, 0.2) is 11.4 Å². The van der Waals surface area contributed by atoms with Gasteiger partial charge in [-0.15, -0.1) is 0 Å². The molecule has 1 heterocycles. The van der Waals surface area contributed by atoms with Crippen LogP contribution in [-0.2, 0) is 28.3 Å². The average molecular weight is 494 g/mol.